The summed E-state index contributed by atoms with van der Waals surface area (Å²) in [5.41, 5.74) is 0. The van der Waals surface area contributed by atoms with Crippen molar-refractivity contribution in [1.29, 1.82) is 0 Å². The molecule has 3 heteroatoms. The Morgan fingerprint density at radius 3 is 2.40 bits per heavy atom. The molecule has 0 fully saturated rings. The summed E-state index contributed by atoms with van der Waals surface area (Å²) < 4.78 is 10.3. The Hall–Kier alpha value is -0.570. The van der Waals surface area contributed by atoms with Crippen LogP contribution in [0.4, 0.5) is 0 Å². The van der Waals surface area contributed by atoms with Crippen LogP contribution in [0.3, 0.4) is 0 Å². The second-order valence-corrected chi connectivity index (χ2v) is 3.64. The van der Waals surface area contributed by atoms with Crippen LogP contribution in [0, 0.1) is 0 Å². The van der Waals surface area contributed by atoms with Gasteiger partial charge in [-0.05, 0) is 12.8 Å². The first-order valence-corrected chi connectivity index (χ1v) is 6.04. The molecule has 0 rings (SSSR count). The molecule has 0 aromatic rings. The van der Waals surface area contributed by atoms with Gasteiger partial charge in [0.05, 0.1) is 6.61 Å². The maximum absolute atomic E-state index is 10.9. The molecular formula is C12H24O3. The molecule has 0 aliphatic carbocycles. The van der Waals surface area contributed by atoms with Crippen LogP contribution in [0.15, 0.2) is 0 Å². The van der Waals surface area contributed by atoms with E-state index in [1.54, 1.807) is 0 Å². The number of hydrogen-bond acceptors (Lipinski definition) is 3. The molecule has 90 valence electrons. The minimum atomic E-state index is -0.118. The van der Waals surface area contributed by atoms with E-state index < -0.39 is 0 Å². The van der Waals surface area contributed by atoms with Crippen LogP contribution in [-0.2, 0) is 14.3 Å². The van der Waals surface area contributed by atoms with Crippen molar-refractivity contribution in [2.24, 2.45) is 0 Å². The summed E-state index contributed by atoms with van der Waals surface area (Å²) in [6.07, 6.45) is 6.21. The molecule has 0 saturated heterocycles. The number of hydrogen-bond donors (Lipinski definition) is 0. The van der Waals surface area contributed by atoms with Crippen LogP contribution in [-0.4, -0.2) is 25.8 Å². The predicted octanol–water partition coefficient (Wildman–Crippen LogP) is 2.93. The van der Waals surface area contributed by atoms with Gasteiger partial charge in [0.15, 0.2) is 0 Å². The lowest BCUT2D eigenvalue weighted by molar-refractivity contribution is -0.145. The fraction of sp³-hybridized carbons (Fsp3) is 0.917. The van der Waals surface area contributed by atoms with Crippen molar-refractivity contribution in [2.45, 2.75) is 52.4 Å². The quantitative estimate of drug-likeness (QED) is 0.416. The number of unbranched alkanes of at least 4 members (excludes halogenated alkanes) is 3. The van der Waals surface area contributed by atoms with Crippen LogP contribution in [0.5, 0.6) is 0 Å². The molecular weight excluding hydrogens is 192 g/mol. The lowest BCUT2D eigenvalue weighted by atomic mass is 10.2. The summed E-state index contributed by atoms with van der Waals surface area (Å²) in [5, 5.41) is 0. The normalized spacial score (nSPS) is 10.3. The molecule has 15 heavy (non-hydrogen) atoms. The number of carbonyl (C=O) groups is 1. The molecule has 0 heterocycles. The Kier molecular flexibility index (Phi) is 11.1. The van der Waals surface area contributed by atoms with E-state index in [2.05, 4.69) is 6.92 Å². The molecule has 0 bridgehead atoms. The minimum Gasteiger partial charge on any atom is -0.463 e. The minimum absolute atomic E-state index is 0.118. The molecule has 0 unspecified atom stereocenters. The Balaban J connectivity index is 3.01. The standard InChI is InChI=1S/C12H24O3/c1-3-5-6-7-9-14-10-11-15-12(13)8-4-2/h3-11H2,1-2H3. The van der Waals surface area contributed by atoms with Gasteiger partial charge in [-0.15, -0.1) is 0 Å². The zero-order chi connectivity index (χ0) is 11.4. The Labute approximate surface area is 93.1 Å². The fourth-order valence-corrected chi connectivity index (χ4v) is 1.22. The number of rotatable bonds is 10. The summed E-state index contributed by atoms with van der Waals surface area (Å²) in [4.78, 5) is 10.9. The zero-order valence-corrected chi connectivity index (χ0v) is 10.1. The van der Waals surface area contributed by atoms with Crippen molar-refractivity contribution in [3.05, 3.63) is 0 Å². The van der Waals surface area contributed by atoms with Crippen molar-refractivity contribution in [2.75, 3.05) is 19.8 Å². The molecule has 0 aliphatic heterocycles. The SMILES string of the molecule is CCCCCCOCCOC(=O)CCC. The largest absolute Gasteiger partial charge is 0.463 e. The van der Waals surface area contributed by atoms with Gasteiger partial charge in [-0.1, -0.05) is 33.1 Å². The van der Waals surface area contributed by atoms with Crippen molar-refractivity contribution in [3.8, 4) is 0 Å². The van der Waals surface area contributed by atoms with Gasteiger partial charge in [0.2, 0.25) is 0 Å². The van der Waals surface area contributed by atoms with Gasteiger partial charge in [-0.3, -0.25) is 4.79 Å². The molecule has 0 atom stereocenters. The molecule has 0 aliphatic rings. The van der Waals surface area contributed by atoms with Gasteiger partial charge in [0.1, 0.15) is 6.61 Å². The van der Waals surface area contributed by atoms with Crippen LogP contribution >= 0.6 is 0 Å². The van der Waals surface area contributed by atoms with E-state index in [-0.39, 0.29) is 5.97 Å². The van der Waals surface area contributed by atoms with Gasteiger partial charge in [0, 0.05) is 13.0 Å². The first kappa shape index (κ1) is 14.4. The van der Waals surface area contributed by atoms with Crippen molar-refractivity contribution < 1.29 is 14.3 Å². The Bertz CT molecular complexity index is 146. The van der Waals surface area contributed by atoms with E-state index in [9.17, 15) is 4.79 Å². The zero-order valence-electron chi connectivity index (χ0n) is 10.1. The van der Waals surface area contributed by atoms with Crippen LogP contribution in [0.25, 0.3) is 0 Å². The summed E-state index contributed by atoms with van der Waals surface area (Å²) in [5.74, 6) is -0.118. The third kappa shape index (κ3) is 11.4. The van der Waals surface area contributed by atoms with E-state index >= 15 is 0 Å². The highest BCUT2D eigenvalue weighted by Crippen LogP contribution is 1.98. The summed E-state index contributed by atoms with van der Waals surface area (Å²) in [6.45, 7) is 5.86. The smallest absolute Gasteiger partial charge is 0.305 e. The summed E-state index contributed by atoms with van der Waals surface area (Å²) >= 11 is 0. The average Bonchev–Trinajstić information content (AvgIpc) is 2.22. The molecule has 0 aromatic carbocycles. The maximum atomic E-state index is 10.9. The monoisotopic (exact) mass is 216 g/mol. The van der Waals surface area contributed by atoms with Gasteiger partial charge < -0.3 is 9.47 Å². The number of esters is 1. The Morgan fingerprint density at radius 1 is 0.933 bits per heavy atom. The molecule has 0 amide bonds. The van der Waals surface area contributed by atoms with Gasteiger partial charge in [0.25, 0.3) is 0 Å². The highest BCUT2D eigenvalue weighted by Gasteiger charge is 1.99. The third-order valence-electron chi connectivity index (χ3n) is 2.09. The maximum Gasteiger partial charge on any atom is 0.305 e. The van der Waals surface area contributed by atoms with Gasteiger partial charge in [-0.25, -0.2) is 0 Å². The molecule has 0 aromatic heterocycles. The second kappa shape index (κ2) is 11.5. The van der Waals surface area contributed by atoms with E-state index in [0.29, 0.717) is 19.6 Å². The van der Waals surface area contributed by atoms with Crippen molar-refractivity contribution >= 4 is 5.97 Å². The molecule has 0 saturated carbocycles. The molecule has 0 radical (unpaired) electrons. The Morgan fingerprint density at radius 2 is 1.73 bits per heavy atom. The predicted molar refractivity (Wildman–Crippen MR) is 60.8 cm³/mol. The fourth-order valence-electron chi connectivity index (χ4n) is 1.22. The van der Waals surface area contributed by atoms with Gasteiger partial charge >= 0.3 is 5.97 Å². The lowest BCUT2D eigenvalue weighted by Crippen LogP contribution is -2.10. The first-order valence-electron chi connectivity index (χ1n) is 6.04. The second-order valence-electron chi connectivity index (χ2n) is 3.64. The van der Waals surface area contributed by atoms with Crippen molar-refractivity contribution in [3.63, 3.8) is 0 Å². The first-order chi connectivity index (χ1) is 7.31. The summed E-state index contributed by atoms with van der Waals surface area (Å²) in [7, 11) is 0. The van der Waals surface area contributed by atoms with Crippen LogP contribution in [0.1, 0.15) is 52.4 Å². The van der Waals surface area contributed by atoms with E-state index in [1.807, 2.05) is 6.92 Å². The lowest BCUT2D eigenvalue weighted by Gasteiger charge is -2.05. The molecule has 0 spiro atoms. The molecule has 0 N–H and O–H groups in total. The van der Waals surface area contributed by atoms with Crippen molar-refractivity contribution in [1.82, 2.24) is 0 Å². The number of carbonyl (C=O) groups excluding carboxylic acids is 1. The number of ether oxygens (including phenoxy) is 2. The highest BCUT2D eigenvalue weighted by molar-refractivity contribution is 5.69. The van der Waals surface area contributed by atoms with E-state index in [1.165, 1.54) is 19.3 Å². The summed E-state index contributed by atoms with van der Waals surface area (Å²) in [6, 6.07) is 0. The molecule has 3 nitrogen and oxygen atoms in total. The third-order valence-corrected chi connectivity index (χ3v) is 2.09. The van der Waals surface area contributed by atoms with Crippen LogP contribution < -0.4 is 0 Å². The highest BCUT2D eigenvalue weighted by atomic mass is 16.6. The topological polar surface area (TPSA) is 35.5 Å². The van der Waals surface area contributed by atoms with Gasteiger partial charge in [-0.2, -0.15) is 0 Å². The van der Waals surface area contributed by atoms with Crippen LogP contribution in [0.2, 0.25) is 0 Å². The average molecular weight is 216 g/mol. The van der Waals surface area contributed by atoms with E-state index in [0.717, 1.165) is 19.4 Å². The van der Waals surface area contributed by atoms with E-state index in [4.69, 9.17) is 9.47 Å².